The SMILES string of the molecule is CC1CN(C(=O)NC(CC(=O)O)C2CC2)CC(C)S1. The molecule has 3 atom stereocenters. The molecule has 1 aliphatic heterocycles. The van der Waals surface area contributed by atoms with Crippen LogP contribution in [0.25, 0.3) is 0 Å². The second-order valence-corrected chi connectivity index (χ2v) is 7.54. The van der Waals surface area contributed by atoms with E-state index >= 15 is 0 Å². The largest absolute Gasteiger partial charge is 0.481 e. The number of carboxylic acid groups (broad SMARTS) is 1. The van der Waals surface area contributed by atoms with E-state index in [1.54, 1.807) is 0 Å². The van der Waals surface area contributed by atoms with Crippen LogP contribution in [0.1, 0.15) is 33.1 Å². The molecule has 2 rings (SSSR count). The molecule has 0 aromatic rings. The van der Waals surface area contributed by atoms with Gasteiger partial charge < -0.3 is 15.3 Å². The van der Waals surface area contributed by atoms with Crippen LogP contribution in [0.3, 0.4) is 0 Å². The Labute approximate surface area is 118 Å². The van der Waals surface area contributed by atoms with Crippen molar-refractivity contribution in [3.05, 3.63) is 0 Å². The fourth-order valence-electron chi connectivity index (χ4n) is 2.62. The summed E-state index contributed by atoms with van der Waals surface area (Å²) in [5.41, 5.74) is 0. The number of hydrogen-bond acceptors (Lipinski definition) is 3. The van der Waals surface area contributed by atoms with Gasteiger partial charge in [0.1, 0.15) is 0 Å². The Bertz CT molecular complexity index is 350. The summed E-state index contributed by atoms with van der Waals surface area (Å²) in [6, 6.07) is -0.303. The lowest BCUT2D eigenvalue weighted by Gasteiger charge is -2.35. The van der Waals surface area contributed by atoms with Crippen molar-refractivity contribution in [3.8, 4) is 0 Å². The van der Waals surface area contributed by atoms with E-state index in [0.717, 1.165) is 25.9 Å². The summed E-state index contributed by atoms with van der Waals surface area (Å²) in [4.78, 5) is 24.9. The topological polar surface area (TPSA) is 69.6 Å². The van der Waals surface area contributed by atoms with Gasteiger partial charge in [-0.05, 0) is 18.8 Å². The van der Waals surface area contributed by atoms with Gasteiger partial charge in [0.05, 0.1) is 6.42 Å². The number of amides is 2. The van der Waals surface area contributed by atoms with E-state index in [1.807, 2.05) is 16.7 Å². The molecule has 3 unspecified atom stereocenters. The van der Waals surface area contributed by atoms with Gasteiger partial charge in [0, 0.05) is 29.6 Å². The zero-order valence-corrected chi connectivity index (χ0v) is 12.3. The number of nitrogens with zero attached hydrogens (tertiary/aromatic N) is 1. The van der Waals surface area contributed by atoms with Crippen LogP contribution < -0.4 is 5.32 Å². The number of aliphatic carboxylic acids is 1. The third kappa shape index (κ3) is 4.30. The third-order valence-corrected chi connectivity index (χ3v) is 4.83. The van der Waals surface area contributed by atoms with Crippen LogP contribution in [0.4, 0.5) is 4.79 Å². The second-order valence-electron chi connectivity index (χ2n) is 5.65. The number of carboxylic acids is 1. The number of urea groups is 1. The highest BCUT2D eigenvalue weighted by atomic mass is 32.2. The first-order chi connectivity index (χ1) is 8.95. The van der Waals surface area contributed by atoms with Crippen LogP contribution in [0, 0.1) is 5.92 Å². The summed E-state index contributed by atoms with van der Waals surface area (Å²) in [5.74, 6) is -0.484. The summed E-state index contributed by atoms with van der Waals surface area (Å²) >= 11 is 1.89. The first kappa shape index (κ1) is 14.5. The molecule has 0 aromatic heterocycles. The molecule has 1 saturated heterocycles. The van der Waals surface area contributed by atoms with Crippen molar-refractivity contribution in [2.24, 2.45) is 5.92 Å². The minimum Gasteiger partial charge on any atom is -0.481 e. The van der Waals surface area contributed by atoms with Crippen molar-refractivity contribution in [1.82, 2.24) is 10.2 Å². The molecule has 0 radical (unpaired) electrons. The molecule has 1 saturated carbocycles. The van der Waals surface area contributed by atoms with Crippen molar-refractivity contribution in [2.45, 2.75) is 49.7 Å². The number of carbonyl (C=O) groups is 2. The maximum absolute atomic E-state index is 12.2. The molecule has 2 N–H and O–H groups in total. The van der Waals surface area contributed by atoms with E-state index in [2.05, 4.69) is 19.2 Å². The maximum Gasteiger partial charge on any atom is 0.317 e. The molecule has 0 bridgehead atoms. The molecule has 2 aliphatic rings. The zero-order chi connectivity index (χ0) is 14.0. The summed E-state index contributed by atoms with van der Waals surface area (Å²) in [7, 11) is 0. The highest BCUT2D eigenvalue weighted by molar-refractivity contribution is 8.00. The standard InChI is InChI=1S/C13H22N2O3S/c1-8-6-15(7-9(2)19-8)13(18)14-11(5-12(16)17)10-3-4-10/h8-11H,3-7H2,1-2H3,(H,14,18)(H,16,17). The summed E-state index contributed by atoms with van der Waals surface area (Å²) in [6.07, 6.45) is 2.09. The van der Waals surface area contributed by atoms with Crippen LogP contribution in [0.5, 0.6) is 0 Å². The third-order valence-electron chi connectivity index (χ3n) is 3.60. The molecule has 2 fully saturated rings. The predicted molar refractivity (Wildman–Crippen MR) is 75.4 cm³/mol. The highest BCUT2D eigenvalue weighted by Crippen LogP contribution is 2.34. The van der Waals surface area contributed by atoms with Crippen molar-refractivity contribution >= 4 is 23.8 Å². The average Bonchev–Trinajstić information content (AvgIpc) is 3.09. The molecular weight excluding hydrogens is 264 g/mol. The Morgan fingerprint density at radius 2 is 1.89 bits per heavy atom. The quantitative estimate of drug-likeness (QED) is 0.826. The summed E-state index contributed by atoms with van der Waals surface area (Å²) in [6.45, 7) is 5.73. The molecule has 6 heteroatoms. The van der Waals surface area contributed by atoms with E-state index in [9.17, 15) is 9.59 Å². The number of hydrogen-bond donors (Lipinski definition) is 2. The van der Waals surface area contributed by atoms with Crippen LogP contribution in [0.15, 0.2) is 0 Å². The first-order valence-corrected chi connectivity index (χ1v) is 7.82. The molecule has 0 aromatic carbocycles. The van der Waals surface area contributed by atoms with Crippen molar-refractivity contribution in [1.29, 1.82) is 0 Å². The minimum atomic E-state index is -0.840. The van der Waals surface area contributed by atoms with Crippen LogP contribution in [0.2, 0.25) is 0 Å². The van der Waals surface area contributed by atoms with Gasteiger partial charge in [-0.1, -0.05) is 13.8 Å². The van der Waals surface area contributed by atoms with Gasteiger partial charge in [-0.3, -0.25) is 4.79 Å². The normalized spacial score (nSPS) is 28.8. The Kier molecular flexibility index (Phi) is 4.60. The van der Waals surface area contributed by atoms with Gasteiger partial charge in [-0.2, -0.15) is 11.8 Å². The number of nitrogens with one attached hydrogen (secondary N) is 1. The van der Waals surface area contributed by atoms with Crippen LogP contribution >= 0.6 is 11.8 Å². The van der Waals surface area contributed by atoms with Crippen LogP contribution in [-0.4, -0.2) is 51.6 Å². The molecule has 5 nitrogen and oxygen atoms in total. The van der Waals surface area contributed by atoms with Gasteiger partial charge in [-0.15, -0.1) is 0 Å². The zero-order valence-electron chi connectivity index (χ0n) is 11.5. The summed E-state index contributed by atoms with van der Waals surface area (Å²) in [5, 5.41) is 12.7. The van der Waals surface area contributed by atoms with Crippen molar-refractivity contribution < 1.29 is 14.7 Å². The van der Waals surface area contributed by atoms with E-state index < -0.39 is 5.97 Å². The Morgan fingerprint density at radius 1 is 1.32 bits per heavy atom. The highest BCUT2D eigenvalue weighted by Gasteiger charge is 2.35. The Morgan fingerprint density at radius 3 is 2.37 bits per heavy atom. The maximum atomic E-state index is 12.2. The molecule has 2 amide bonds. The van der Waals surface area contributed by atoms with E-state index in [4.69, 9.17) is 5.11 Å². The fourth-order valence-corrected chi connectivity index (χ4v) is 3.94. The van der Waals surface area contributed by atoms with Gasteiger partial charge >= 0.3 is 12.0 Å². The number of carbonyl (C=O) groups excluding carboxylic acids is 1. The van der Waals surface area contributed by atoms with Gasteiger partial charge in [-0.25, -0.2) is 4.79 Å². The lowest BCUT2D eigenvalue weighted by Crippen LogP contribution is -2.51. The number of thioether (sulfide) groups is 1. The molecular formula is C13H22N2O3S. The van der Waals surface area contributed by atoms with Gasteiger partial charge in [0.25, 0.3) is 0 Å². The lowest BCUT2D eigenvalue weighted by atomic mass is 10.1. The second kappa shape index (κ2) is 6.03. The van der Waals surface area contributed by atoms with Gasteiger partial charge in [0.2, 0.25) is 0 Å². The molecule has 1 aliphatic carbocycles. The van der Waals surface area contributed by atoms with Crippen molar-refractivity contribution in [2.75, 3.05) is 13.1 Å². The van der Waals surface area contributed by atoms with E-state index in [0.29, 0.717) is 16.4 Å². The summed E-state index contributed by atoms with van der Waals surface area (Å²) < 4.78 is 0. The smallest absolute Gasteiger partial charge is 0.317 e. The average molecular weight is 286 g/mol. The van der Waals surface area contributed by atoms with Gasteiger partial charge in [0.15, 0.2) is 0 Å². The minimum absolute atomic E-state index is 0.0318. The molecule has 0 spiro atoms. The fraction of sp³-hybridized carbons (Fsp3) is 0.846. The van der Waals surface area contributed by atoms with E-state index in [1.165, 1.54) is 0 Å². The molecule has 1 heterocycles. The Hall–Kier alpha value is -0.910. The first-order valence-electron chi connectivity index (χ1n) is 6.88. The van der Waals surface area contributed by atoms with E-state index in [-0.39, 0.29) is 18.5 Å². The predicted octanol–water partition coefficient (Wildman–Crippen LogP) is 1.78. The van der Waals surface area contributed by atoms with Crippen LogP contribution in [-0.2, 0) is 4.79 Å². The Balaban J connectivity index is 1.89. The molecule has 108 valence electrons. The van der Waals surface area contributed by atoms with Crippen molar-refractivity contribution in [3.63, 3.8) is 0 Å². The molecule has 19 heavy (non-hydrogen) atoms. The number of rotatable bonds is 4. The monoisotopic (exact) mass is 286 g/mol. The lowest BCUT2D eigenvalue weighted by molar-refractivity contribution is -0.137.